The zero-order valence-corrected chi connectivity index (χ0v) is 18.2. The number of nitrogen functional groups attached to an aromatic ring is 1. The quantitative estimate of drug-likeness (QED) is 0.475. The zero-order chi connectivity index (χ0) is 22.7. The molecule has 162 valence electrons. The highest BCUT2D eigenvalue weighted by Crippen LogP contribution is 2.26. The molecule has 1 unspecified atom stereocenters. The molecule has 4 rings (SSSR count). The van der Waals surface area contributed by atoms with Crippen molar-refractivity contribution < 1.29 is 9.53 Å². The van der Waals surface area contributed by atoms with E-state index < -0.39 is 6.04 Å². The Morgan fingerprint density at radius 3 is 2.62 bits per heavy atom. The van der Waals surface area contributed by atoms with Gasteiger partial charge in [-0.1, -0.05) is 11.6 Å². The molecular weight excluding hydrogens is 430 g/mol. The molecule has 10 heteroatoms. The largest absolute Gasteiger partial charge is 0.480 e. The summed E-state index contributed by atoms with van der Waals surface area (Å²) in [4.78, 5) is 28.1. The maximum absolute atomic E-state index is 13.6. The Bertz CT molecular complexity index is 1250. The van der Waals surface area contributed by atoms with Gasteiger partial charge in [0.15, 0.2) is 0 Å². The summed E-state index contributed by atoms with van der Waals surface area (Å²) in [5.74, 6) is 0.926. The van der Waals surface area contributed by atoms with Gasteiger partial charge in [0.2, 0.25) is 5.88 Å². The second-order valence-electron chi connectivity index (χ2n) is 7.05. The van der Waals surface area contributed by atoms with E-state index in [1.54, 1.807) is 59.8 Å². The monoisotopic (exact) mass is 449 g/mol. The highest BCUT2D eigenvalue weighted by molar-refractivity contribution is 6.33. The summed E-state index contributed by atoms with van der Waals surface area (Å²) < 4.78 is 5.07. The molecule has 9 nitrogen and oxygen atoms in total. The van der Waals surface area contributed by atoms with Gasteiger partial charge in [-0.2, -0.15) is 5.10 Å². The molecule has 2 N–H and O–H groups in total. The van der Waals surface area contributed by atoms with Gasteiger partial charge in [0.25, 0.3) is 5.91 Å². The van der Waals surface area contributed by atoms with Crippen LogP contribution in [-0.4, -0.2) is 43.1 Å². The third-order valence-corrected chi connectivity index (χ3v) is 5.27. The molecule has 3 aromatic heterocycles. The van der Waals surface area contributed by atoms with E-state index >= 15 is 0 Å². The number of hydrogen-bond acceptors (Lipinski definition) is 8. The van der Waals surface area contributed by atoms with Crippen LogP contribution in [0.25, 0.3) is 10.9 Å². The summed E-state index contributed by atoms with van der Waals surface area (Å²) in [6.45, 7) is 2.07. The Morgan fingerprint density at radius 2 is 1.94 bits per heavy atom. The molecule has 1 amide bonds. The second kappa shape index (κ2) is 9.11. The molecule has 0 saturated carbocycles. The maximum atomic E-state index is 13.6. The standard InChI is InChI=1S/C22H20ClN7O2/c1-13(21-25-8-3-9-26-21)30(12-16-5-7-19(32-2)29-28-16)22(31)14-4-6-18-15(10-14)11-17(23)20(24)27-18/h3-11,13H,12H2,1-2H3,(H2,24,27). The van der Waals surface area contributed by atoms with Crippen molar-refractivity contribution in [3.8, 4) is 5.88 Å². The summed E-state index contributed by atoms with van der Waals surface area (Å²) in [5, 5.41) is 9.20. The van der Waals surface area contributed by atoms with E-state index in [0.717, 1.165) is 0 Å². The van der Waals surface area contributed by atoms with Gasteiger partial charge in [0.05, 0.1) is 35.9 Å². The van der Waals surface area contributed by atoms with Gasteiger partial charge in [-0.25, -0.2) is 15.0 Å². The zero-order valence-electron chi connectivity index (χ0n) is 17.4. The molecule has 0 fully saturated rings. The van der Waals surface area contributed by atoms with E-state index in [1.807, 2.05) is 6.92 Å². The van der Waals surface area contributed by atoms with E-state index in [9.17, 15) is 4.79 Å². The van der Waals surface area contributed by atoms with Crippen LogP contribution < -0.4 is 10.5 Å². The van der Waals surface area contributed by atoms with Crippen molar-refractivity contribution in [1.29, 1.82) is 0 Å². The Kier molecular flexibility index (Phi) is 6.09. The van der Waals surface area contributed by atoms with E-state index in [0.29, 0.717) is 38.9 Å². The predicted molar refractivity (Wildman–Crippen MR) is 120 cm³/mol. The third-order valence-electron chi connectivity index (χ3n) is 4.97. The van der Waals surface area contributed by atoms with Crippen molar-refractivity contribution in [3.63, 3.8) is 0 Å². The van der Waals surface area contributed by atoms with Crippen molar-refractivity contribution in [3.05, 3.63) is 77.0 Å². The van der Waals surface area contributed by atoms with Gasteiger partial charge in [-0.3, -0.25) is 4.79 Å². The highest BCUT2D eigenvalue weighted by Gasteiger charge is 2.26. The van der Waals surface area contributed by atoms with Crippen LogP contribution in [0.4, 0.5) is 5.82 Å². The summed E-state index contributed by atoms with van der Waals surface area (Å²) >= 11 is 6.12. The minimum Gasteiger partial charge on any atom is -0.480 e. The number of carbonyl (C=O) groups excluding carboxylic acids is 1. The van der Waals surface area contributed by atoms with Gasteiger partial charge in [0, 0.05) is 29.4 Å². The number of halogens is 1. The van der Waals surface area contributed by atoms with Crippen LogP contribution in [-0.2, 0) is 6.54 Å². The number of nitrogens with two attached hydrogens (primary N) is 1. The maximum Gasteiger partial charge on any atom is 0.254 e. The SMILES string of the molecule is COc1ccc(CN(C(=O)c2ccc3nc(N)c(Cl)cc3c2)C(C)c2ncccn2)nn1. The molecule has 0 radical (unpaired) electrons. The number of pyridine rings is 1. The van der Waals surface area contributed by atoms with Crippen LogP contribution in [0.3, 0.4) is 0 Å². The van der Waals surface area contributed by atoms with Crippen LogP contribution in [0, 0.1) is 0 Å². The molecular formula is C22H20ClN7O2. The molecule has 3 heterocycles. The summed E-state index contributed by atoms with van der Waals surface area (Å²) in [5.41, 5.74) is 7.50. The minimum absolute atomic E-state index is 0.202. The number of rotatable bonds is 6. The molecule has 32 heavy (non-hydrogen) atoms. The Hall–Kier alpha value is -3.85. The first-order valence-corrected chi connectivity index (χ1v) is 10.1. The Morgan fingerprint density at radius 1 is 1.16 bits per heavy atom. The van der Waals surface area contributed by atoms with E-state index in [-0.39, 0.29) is 18.3 Å². The summed E-state index contributed by atoms with van der Waals surface area (Å²) in [6.07, 6.45) is 3.28. The number of aromatic nitrogens is 5. The van der Waals surface area contributed by atoms with Crippen LogP contribution in [0.2, 0.25) is 5.02 Å². The number of methoxy groups -OCH3 is 1. The van der Waals surface area contributed by atoms with Crippen molar-refractivity contribution >= 4 is 34.2 Å². The van der Waals surface area contributed by atoms with Crippen LogP contribution in [0.15, 0.2) is 54.9 Å². The molecule has 0 aliphatic heterocycles. The Labute approximate surface area is 189 Å². The van der Waals surface area contributed by atoms with Crippen molar-refractivity contribution in [2.45, 2.75) is 19.5 Å². The normalized spacial score (nSPS) is 11.8. The number of hydrogen-bond donors (Lipinski definition) is 1. The average molecular weight is 450 g/mol. The fourth-order valence-electron chi connectivity index (χ4n) is 3.23. The molecule has 0 aliphatic rings. The lowest BCUT2D eigenvalue weighted by molar-refractivity contribution is 0.0663. The van der Waals surface area contributed by atoms with Crippen LogP contribution >= 0.6 is 11.6 Å². The first kappa shape index (κ1) is 21.4. The molecule has 0 spiro atoms. The topological polar surface area (TPSA) is 120 Å². The van der Waals surface area contributed by atoms with E-state index in [4.69, 9.17) is 22.1 Å². The molecule has 0 bridgehead atoms. The lowest BCUT2D eigenvalue weighted by Crippen LogP contribution is -2.34. The minimum atomic E-state index is -0.420. The first-order chi connectivity index (χ1) is 15.5. The second-order valence-corrected chi connectivity index (χ2v) is 7.45. The lowest BCUT2D eigenvalue weighted by Gasteiger charge is -2.28. The summed E-state index contributed by atoms with van der Waals surface area (Å²) in [7, 11) is 1.52. The van der Waals surface area contributed by atoms with E-state index in [2.05, 4.69) is 25.1 Å². The van der Waals surface area contributed by atoms with Crippen molar-refractivity contribution in [2.24, 2.45) is 0 Å². The predicted octanol–water partition coefficient (Wildman–Crippen LogP) is 3.46. The number of amides is 1. The number of anilines is 1. The van der Waals surface area contributed by atoms with Gasteiger partial charge < -0.3 is 15.4 Å². The van der Waals surface area contributed by atoms with Crippen molar-refractivity contribution in [2.75, 3.05) is 12.8 Å². The number of benzene rings is 1. The van der Waals surface area contributed by atoms with Crippen molar-refractivity contribution in [1.82, 2.24) is 30.0 Å². The lowest BCUT2D eigenvalue weighted by atomic mass is 10.1. The van der Waals surface area contributed by atoms with Gasteiger partial charge >= 0.3 is 0 Å². The third kappa shape index (κ3) is 4.42. The highest BCUT2D eigenvalue weighted by atomic mass is 35.5. The number of nitrogens with zero attached hydrogens (tertiary/aromatic N) is 6. The number of carbonyl (C=O) groups is 1. The van der Waals surface area contributed by atoms with Gasteiger partial charge in [-0.15, -0.1) is 5.10 Å². The smallest absolute Gasteiger partial charge is 0.254 e. The fraction of sp³-hybridized carbons (Fsp3) is 0.182. The molecule has 0 aliphatic carbocycles. The average Bonchev–Trinajstić information content (AvgIpc) is 2.83. The Balaban J connectivity index is 1.71. The number of fused-ring (bicyclic) bond motifs is 1. The van der Waals surface area contributed by atoms with Crippen LogP contribution in [0.1, 0.15) is 34.8 Å². The molecule has 0 saturated heterocycles. The number of ether oxygens (including phenoxy) is 1. The molecule has 1 aromatic carbocycles. The van der Waals surface area contributed by atoms with Crippen LogP contribution in [0.5, 0.6) is 5.88 Å². The van der Waals surface area contributed by atoms with Gasteiger partial charge in [-0.05, 0) is 43.3 Å². The van der Waals surface area contributed by atoms with Gasteiger partial charge in [0.1, 0.15) is 11.6 Å². The molecule has 1 atom stereocenters. The fourth-order valence-corrected chi connectivity index (χ4v) is 3.39. The van der Waals surface area contributed by atoms with E-state index in [1.165, 1.54) is 7.11 Å². The molecule has 4 aromatic rings. The summed E-state index contributed by atoms with van der Waals surface area (Å²) in [6, 6.07) is 11.6. The first-order valence-electron chi connectivity index (χ1n) is 9.76.